The summed E-state index contributed by atoms with van der Waals surface area (Å²) in [6.45, 7) is 8.57. The van der Waals surface area contributed by atoms with E-state index in [1.807, 2.05) is 27.7 Å². The second kappa shape index (κ2) is 50.8. The first kappa shape index (κ1) is 77.4. The summed E-state index contributed by atoms with van der Waals surface area (Å²) in [6.07, 6.45) is 50.4. The molecule has 2 aromatic carbocycles. The molecule has 452 valence electrons. The molecular weight excluding hydrogens is 1100 g/mol. The molecule has 17 heteroatoms. The number of ether oxygens (including phenoxy) is 4. The largest absolute Gasteiger partial charge is 2.00 e. The van der Waals surface area contributed by atoms with Gasteiger partial charge in [-0.05, 0) is 129 Å². The second-order valence-corrected chi connectivity index (χ2v) is 22.8. The summed E-state index contributed by atoms with van der Waals surface area (Å²) < 4.78 is 92.2. The van der Waals surface area contributed by atoms with E-state index >= 15 is 0 Å². The molecule has 0 aliphatic rings. The molecule has 2 aromatic rings. The zero-order valence-corrected chi connectivity index (χ0v) is 53.6. The fourth-order valence-corrected chi connectivity index (χ4v) is 10.2. The molecular formula is C64H98CaO14S2. The summed E-state index contributed by atoms with van der Waals surface area (Å²) in [5, 5.41) is 0. The molecule has 2 rings (SSSR count). The van der Waals surface area contributed by atoms with Crippen LogP contribution in [0.15, 0.2) is 94.8 Å². The van der Waals surface area contributed by atoms with Crippen molar-refractivity contribution in [2.75, 3.05) is 26.4 Å². The molecule has 0 aromatic heterocycles. The number of benzene rings is 2. The third-order valence-corrected chi connectivity index (χ3v) is 15.1. The van der Waals surface area contributed by atoms with Crippen molar-refractivity contribution >= 4 is 81.9 Å². The summed E-state index contributed by atoms with van der Waals surface area (Å²) >= 11 is 0. The van der Waals surface area contributed by atoms with Crippen LogP contribution in [0.3, 0.4) is 0 Å². The van der Waals surface area contributed by atoms with Gasteiger partial charge in [-0.25, -0.2) is 36.0 Å². The molecule has 0 spiro atoms. The molecule has 0 radical (unpaired) electrons. The maximum atomic E-state index is 12.8. The molecule has 0 saturated heterocycles. The van der Waals surface area contributed by atoms with E-state index < -0.39 is 65.0 Å². The minimum absolute atomic E-state index is 0. The van der Waals surface area contributed by atoms with Gasteiger partial charge < -0.3 is 28.1 Å². The quantitative estimate of drug-likeness (QED) is 0.0150. The standard InChI is InChI=1S/2C32H50O7S.Ca/c2*1-3-5-7-9-11-13-15-17-19-21-26-38-31(33)28-24-23-25-29(40(35,36)37)30(28)32(34)39-27-22-20-18-16-14-12-10-8-6-4-2;/h2*3-6,23-25H,7-22,26-27H2,1-2H3,(H,35,36,37);/q;;+2/p-2/b2*5-3+,6-4+;. The van der Waals surface area contributed by atoms with E-state index in [-0.39, 0.29) is 75.3 Å². The van der Waals surface area contributed by atoms with E-state index in [0.29, 0.717) is 25.7 Å². The molecule has 0 aliphatic heterocycles. The Labute approximate surface area is 518 Å². The second-order valence-electron chi connectivity index (χ2n) is 20.1. The van der Waals surface area contributed by atoms with Crippen LogP contribution in [0.1, 0.15) is 275 Å². The fraction of sp³-hybridized carbons (Fsp3) is 0.625. The first-order chi connectivity index (χ1) is 38.6. The first-order valence-corrected chi connectivity index (χ1v) is 32.8. The van der Waals surface area contributed by atoms with Crippen molar-refractivity contribution in [2.24, 2.45) is 0 Å². The maximum absolute atomic E-state index is 12.8. The Hall–Kier alpha value is -3.64. The van der Waals surface area contributed by atoms with E-state index in [4.69, 9.17) is 18.9 Å². The van der Waals surface area contributed by atoms with Crippen LogP contribution in [0.2, 0.25) is 0 Å². The van der Waals surface area contributed by atoms with Crippen LogP contribution in [0.4, 0.5) is 0 Å². The van der Waals surface area contributed by atoms with E-state index in [1.54, 1.807) is 0 Å². The Bertz CT molecular complexity index is 2200. The van der Waals surface area contributed by atoms with Gasteiger partial charge in [-0.15, -0.1) is 0 Å². The predicted octanol–water partition coefficient (Wildman–Crippen LogP) is 16.2. The molecule has 81 heavy (non-hydrogen) atoms. The van der Waals surface area contributed by atoms with Crippen molar-refractivity contribution in [3.63, 3.8) is 0 Å². The molecule has 0 bridgehead atoms. The summed E-state index contributed by atoms with van der Waals surface area (Å²) in [6, 6.07) is 7.13. The molecule has 14 nitrogen and oxygen atoms in total. The predicted molar refractivity (Wildman–Crippen MR) is 323 cm³/mol. The Morgan fingerprint density at radius 1 is 0.346 bits per heavy atom. The normalized spacial score (nSPS) is 11.7. The van der Waals surface area contributed by atoms with Crippen LogP contribution in [0.25, 0.3) is 0 Å². The van der Waals surface area contributed by atoms with Crippen molar-refractivity contribution in [2.45, 2.75) is 243 Å². The van der Waals surface area contributed by atoms with Crippen molar-refractivity contribution in [3.05, 3.63) is 107 Å². The van der Waals surface area contributed by atoms with E-state index in [9.17, 15) is 45.1 Å². The average molecular weight is 1200 g/mol. The summed E-state index contributed by atoms with van der Waals surface area (Å²) in [7, 11) is -10.0. The number of carbonyl (C=O) groups is 4. The molecule has 0 heterocycles. The number of unbranched alkanes of at least 4 members (excludes halogenated alkanes) is 28. The third-order valence-electron chi connectivity index (χ3n) is 13.4. The molecule has 0 unspecified atom stereocenters. The van der Waals surface area contributed by atoms with Gasteiger partial charge in [-0.1, -0.05) is 189 Å². The Kier molecular flexibility index (Phi) is 48.6. The number of esters is 4. The van der Waals surface area contributed by atoms with Crippen molar-refractivity contribution in [1.29, 1.82) is 0 Å². The maximum Gasteiger partial charge on any atom is 2.00 e. The van der Waals surface area contributed by atoms with Gasteiger partial charge in [0.1, 0.15) is 20.2 Å². The van der Waals surface area contributed by atoms with Gasteiger partial charge in [-0.2, -0.15) is 0 Å². The third kappa shape index (κ3) is 38.8. The number of allylic oxidation sites excluding steroid dienone is 8. The van der Waals surface area contributed by atoms with E-state index in [0.717, 1.165) is 128 Å². The number of hydrogen-bond donors (Lipinski definition) is 0. The van der Waals surface area contributed by atoms with Crippen LogP contribution in [0, 0.1) is 0 Å². The van der Waals surface area contributed by atoms with Crippen LogP contribution < -0.4 is 0 Å². The van der Waals surface area contributed by atoms with Gasteiger partial charge in [-0.3, -0.25) is 0 Å². The minimum Gasteiger partial charge on any atom is -0.744 e. The molecule has 0 N–H and O–H groups in total. The molecule has 0 atom stereocenters. The monoisotopic (exact) mass is 1190 g/mol. The van der Waals surface area contributed by atoms with Crippen molar-refractivity contribution in [3.8, 4) is 0 Å². The summed E-state index contributed by atoms with van der Waals surface area (Å²) in [5.41, 5.74) is -1.61. The number of carbonyl (C=O) groups excluding carboxylic acids is 4. The van der Waals surface area contributed by atoms with Gasteiger partial charge in [0, 0.05) is 0 Å². The zero-order chi connectivity index (χ0) is 59.0. The zero-order valence-electron chi connectivity index (χ0n) is 49.8. The van der Waals surface area contributed by atoms with Gasteiger partial charge in [0.15, 0.2) is 0 Å². The Morgan fingerprint density at radius 2 is 0.556 bits per heavy atom. The van der Waals surface area contributed by atoms with Gasteiger partial charge in [0.05, 0.1) is 58.5 Å². The van der Waals surface area contributed by atoms with Gasteiger partial charge in [0.25, 0.3) is 0 Å². The molecule has 0 saturated carbocycles. The minimum atomic E-state index is -5.00. The molecule has 0 aliphatic carbocycles. The van der Waals surface area contributed by atoms with Crippen molar-refractivity contribution in [1.82, 2.24) is 0 Å². The van der Waals surface area contributed by atoms with E-state index in [1.165, 1.54) is 88.5 Å². The Morgan fingerprint density at radius 3 is 0.778 bits per heavy atom. The smallest absolute Gasteiger partial charge is 0.744 e. The van der Waals surface area contributed by atoms with E-state index in [2.05, 4.69) is 48.6 Å². The van der Waals surface area contributed by atoms with Crippen LogP contribution >= 0.6 is 0 Å². The fourth-order valence-electron chi connectivity index (χ4n) is 8.86. The first-order valence-electron chi connectivity index (χ1n) is 30.0. The SMILES string of the molecule is C/C=C/CCCCCCCCCOC(=O)c1cccc(S(=O)(=O)[O-])c1C(=O)OCCCCCCCCC/C=C/C.C/C=C/CCCCCCCCCOC(=O)c1cccc(S(=O)(=O)[O-])c1C(=O)OCCCCCCCCC/C=C/C.[Ca+2]. The Balaban J connectivity index is 0.00000156. The number of hydrogen-bond acceptors (Lipinski definition) is 14. The van der Waals surface area contributed by atoms with Crippen LogP contribution in [-0.2, 0) is 39.2 Å². The van der Waals surface area contributed by atoms with Gasteiger partial charge in [0.2, 0.25) is 0 Å². The van der Waals surface area contributed by atoms with Gasteiger partial charge >= 0.3 is 61.6 Å². The topological polar surface area (TPSA) is 220 Å². The van der Waals surface area contributed by atoms with Crippen LogP contribution in [0.5, 0.6) is 0 Å². The van der Waals surface area contributed by atoms with Crippen LogP contribution in [-0.4, -0.2) is 114 Å². The summed E-state index contributed by atoms with van der Waals surface area (Å²) in [5.74, 6) is -3.67. The molecule has 0 fully saturated rings. The molecule has 0 amide bonds. The van der Waals surface area contributed by atoms with Crippen molar-refractivity contribution < 1.29 is 64.1 Å². The average Bonchev–Trinajstić information content (AvgIpc) is 3.45. The number of rotatable bonds is 46. The summed E-state index contributed by atoms with van der Waals surface area (Å²) in [4.78, 5) is 49.6.